The van der Waals surface area contributed by atoms with Gasteiger partial charge in [-0.05, 0) is 25.8 Å². The van der Waals surface area contributed by atoms with E-state index in [1.54, 1.807) is 7.05 Å². The van der Waals surface area contributed by atoms with Crippen molar-refractivity contribution in [1.29, 1.82) is 0 Å². The second kappa shape index (κ2) is 9.54. The number of benzene rings is 1. The molecular weight excluding hydrogens is 403 g/mol. The number of aliphatic imine (C=N–C) groups is 1. The number of hydrogen-bond donors (Lipinski definition) is 1. The van der Waals surface area contributed by atoms with Crippen molar-refractivity contribution in [3.63, 3.8) is 0 Å². The predicted octanol–water partition coefficient (Wildman–Crippen LogP) is 3.16. The van der Waals surface area contributed by atoms with Crippen LogP contribution in [0, 0.1) is 13.8 Å². The highest BCUT2D eigenvalue weighted by Crippen LogP contribution is 2.12. The average molecular weight is 428 g/mol. The minimum absolute atomic E-state index is 0. The molecule has 126 valence electrons. The van der Waals surface area contributed by atoms with Gasteiger partial charge >= 0.3 is 0 Å². The highest BCUT2D eigenvalue weighted by atomic mass is 127. The first kappa shape index (κ1) is 19.5. The van der Waals surface area contributed by atoms with Crippen LogP contribution >= 0.6 is 24.0 Å². The first-order valence-electron chi connectivity index (χ1n) is 7.49. The van der Waals surface area contributed by atoms with E-state index in [2.05, 4.69) is 44.6 Å². The van der Waals surface area contributed by atoms with E-state index in [-0.39, 0.29) is 24.0 Å². The molecule has 0 atom stereocenters. The van der Waals surface area contributed by atoms with Crippen LogP contribution in [-0.4, -0.2) is 36.7 Å². The molecule has 0 saturated heterocycles. The smallest absolute Gasteiger partial charge is 0.193 e. The van der Waals surface area contributed by atoms with Crippen molar-refractivity contribution in [2.24, 2.45) is 4.99 Å². The third kappa shape index (κ3) is 5.53. The third-order valence-corrected chi connectivity index (χ3v) is 3.68. The number of nitrogens with one attached hydrogen (secondary N) is 1. The number of aryl methyl sites for hydroxylation is 2. The number of rotatable bonds is 5. The van der Waals surface area contributed by atoms with Crippen molar-refractivity contribution in [2.75, 3.05) is 20.6 Å². The Hall–Kier alpha value is -1.57. The zero-order chi connectivity index (χ0) is 15.9. The zero-order valence-electron chi connectivity index (χ0n) is 14.2. The van der Waals surface area contributed by atoms with E-state index in [1.165, 1.54) is 11.1 Å². The molecule has 1 aromatic heterocycles. The Labute approximate surface area is 155 Å². The molecule has 0 amide bonds. The Morgan fingerprint density at radius 3 is 2.52 bits per heavy atom. The summed E-state index contributed by atoms with van der Waals surface area (Å²) in [5.41, 5.74) is 3.40. The lowest BCUT2D eigenvalue weighted by Gasteiger charge is -2.22. The summed E-state index contributed by atoms with van der Waals surface area (Å²) in [4.78, 5) is 6.45. The summed E-state index contributed by atoms with van der Waals surface area (Å²) in [7, 11) is 3.85. The van der Waals surface area contributed by atoms with E-state index in [9.17, 15) is 0 Å². The maximum absolute atomic E-state index is 5.19. The fourth-order valence-corrected chi connectivity index (χ4v) is 2.48. The van der Waals surface area contributed by atoms with Crippen LogP contribution in [0.4, 0.5) is 0 Å². The fraction of sp³-hybridized carbons (Fsp3) is 0.412. The normalized spacial score (nSPS) is 11.0. The van der Waals surface area contributed by atoms with Gasteiger partial charge in [0.15, 0.2) is 5.96 Å². The van der Waals surface area contributed by atoms with Gasteiger partial charge in [0, 0.05) is 32.7 Å². The molecule has 0 aliphatic heterocycles. The molecule has 2 aromatic rings. The lowest BCUT2D eigenvalue weighted by molar-refractivity contribution is 0.392. The molecule has 1 N–H and O–H groups in total. The summed E-state index contributed by atoms with van der Waals surface area (Å²) in [5.74, 6) is 1.78. The first-order valence-corrected chi connectivity index (χ1v) is 7.49. The zero-order valence-corrected chi connectivity index (χ0v) is 16.5. The van der Waals surface area contributed by atoms with Gasteiger partial charge in [0.1, 0.15) is 5.76 Å². The van der Waals surface area contributed by atoms with Crippen molar-refractivity contribution in [2.45, 2.75) is 26.8 Å². The summed E-state index contributed by atoms with van der Waals surface area (Å²) >= 11 is 0. The maximum atomic E-state index is 5.19. The molecule has 0 fully saturated rings. The molecule has 6 heteroatoms. The van der Waals surface area contributed by atoms with Crippen molar-refractivity contribution in [1.82, 2.24) is 15.4 Å². The highest BCUT2D eigenvalue weighted by Gasteiger charge is 2.10. The Bertz CT molecular complexity index is 605. The Morgan fingerprint density at radius 2 is 1.96 bits per heavy atom. The molecule has 0 aliphatic rings. The summed E-state index contributed by atoms with van der Waals surface area (Å²) in [6, 6.07) is 10.4. The fourth-order valence-electron chi connectivity index (χ4n) is 2.48. The van der Waals surface area contributed by atoms with Gasteiger partial charge in [-0.15, -0.1) is 24.0 Å². The van der Waals surface area contributed by atoms with Gasteiger partial charge in [-0.3, -0.25) is 4.99 Å². The molecule has 0 saturated carbocycles. The van der Waals surface area contributed by atoms with Crippen LogP contribution in [0.2, 0.25) is 0 Å². The molecule has 0 aliphatic carbocycles. The highest BCUT2D eigenvalue weighted by molar-refractivity contribution is 14.0. The molecule has 1 aromatic carbocycles. The summed E-state index contributed by atoms with van der Waals surface area (Å²) < 4.78 is 5.19. The predicted molar refractivity (Wildman–Crippen MR) is 104 cm³/mol. The monoisotopic (exact) mass is 428 g/mol. The van der Waals surface area contributed by atoms with Crippen LogP contribution in [0.1, 0.15) is 22.6 Å². The van der Waals surface area contributed by atoms with Gasteiger partial charge in [-0.2, -0.15) is 0 Å². The van der Waals surface area contributed by atoms with Gasteiger partial charge in [0.25, 0.3) is 0 Å². The molecule has 0 radical (unpaired) electrons. The van der Waals surface area contributed by atoms with Crippen LogP contribution in [0.15, 0.2) is 39.8 Å². The number of halogens is 1. The van der Waals surface area contributed by atoms with Crippen LogP contribution in [0.25, 0.3) is 0 Å². The molecule has 0 spiro atoms. The molecule has 0 bridgehead atoms. The van der Waals surface area contributed by atoms with Crippen molar-refractivity contribution < 1.29 is 4.52 Å². The quantitative estimate of drug-likeness (QED) is 0.452. The second-order valence-electron chi connectivity index (χ2n) is 5.37. The van der Waals surface area contributed by atoms with E-state index < -0.39 is 0 Å². The summed E-state index contributed by atoms with van der Waals surface area (Å²) in [6.45, 7) is 5.55. The number of hydrogen-bond acceptors (Lipinski definition) is 3. The van der Waals surface area contributed by atoms with Crippen LogP contribution in [-0.2, 0) is 13.0 Å². The Balaban J connectivity index is 0.00000264. The van der Waals surface area contributed by atoms with Crippen LogP contribution in [0.3, 0.4) is 0 Å². The molecule has 0 unspecified atom stereocenters. The van der Waals surface area contributed by atoms with E-state index in [0.29, 0.717) is 0 Å². The van der Waals surface area contributed by atoms with E-state index in [1.807, 2.05) is 27.0 Å². The molecular formula is C17H25IN4O. The number of nitrogens with zero attached hydrogens (tertiary/aromatic N) is 3. The van der Waals surface area contributed by atoms with Gasteiger partial charge in [0.2, 0.25) is 0 Å². The number of guanidine groups is 1. The number of aromatic nitrogens is 1. The summed E-state index contributed by atoms with van der Waals surface area (Å²) in [5, 5.41) is 7.37. The maximum Gasteiger partial charge on any atom is 0.193 e. The molecule has 5 nitrogen and oxygen atoms in total. The van der Waals surface area contributed by atoms with E-state index >= 15 is 0 Å². The third-order valence-electron chi connectivity index (χ3n) is 3.68. The largest absolute Gasteiger partial charge is 0.361 e. The van der Waals surface area contributed by atoms with Gasteiger partial charge < -0.3 is 14.7 Å². The molecule has 23 heavy (non-hydrogen) atoms. The van der Waals surface area contributed by atoms with Crippen LogP contribution in [0.5, 0.6) is 0 Å². The minimum atomic E-state index is 0. The lowest BCUT2D eigenvalue weighted by Crippen LogP contribution is -2.39. The van der Waals surface area contributed by atoms with Crippen molar-refractivity contribution >= 4 is 29.9 Å². The van der Waals surface area contributed by atoms with E-state index in [4.69, 9.17) is 4.52 Å². The minimum Gasteiger partial charge on any atom is -0.361 e. The molecule has 1 heterocycles. The SMILES string of the molecule is CN=C(NCCc1c(C)noc1C)N(C)Cc1ccccc1.I. The van der Waals surface area contributed by atoms with E-state index in [0.717, 1.165) is 36.9 Å². The Kier molecular flexibility index (Phi) is 8.08. The first-order chi connectivity index (χ1) is 10.6. The van der Waals surface area contributed by atoms with Crippen molar-refractivity contribution in [3.8, 4) is 0 Å². The summed E-state index contributed by atoms with van der Waals surface area (Å²) in [6.07, 6.45) is 0.874. The second-order valence-corrected chi connectivity index (χ2v) is 5.37. The topological polar surface area (TPSA) is 53.7 Å². The van der Waals surface area contributed by atoms with Gasteiger partial charge in [-0.25, -0.2) is 0 Å². The Morgan fingerprint density at radius 1 is 1.26 bits per heavy atom. The van der Waals surface area contributed by atoms with Crippen LogP contribution < -0.4 is 5.32 Å². The van der Waals surface area contributed by atoms with Crippen molar-refractivity contribution in [3.05, 3.63) is 52.9 Å². The standard InChI is InChI=1S/C17H24N4O.HI/c1-13-16(14(2)22-20-13)10-11-19-17(18-3)21(4)12-15-8-6-5-7-9-15;/h5-9H,10-12H2,1-4H3,(H,18,19);1H. The average Bonchev–Trinajstić information content (AvgIpc) is 2.84. The lowest BCUT2D eigenvalue weighted by atomic mass is 10.1. The molecule has 2 rings (SSSR count). The van der Waals surface area contributed by atoms with Gasteiger partial charge in [0.05, 0.1) is 5.69 Å². The van der Waals surface area contributed by atoms with Gasteiger partial charge in [-0.1, -0.05) is 35.5 Å².